The molecule has 164 valence electrons. The van der Waals surface area contributed by atoms with Gasteiger partial charge >= 0.3 is 0 Å². The fraction of sp³-hybridized carbons (Fsp3) is 0.136. The summed E-state index contributed by atoms with van der Waals surface area (Å²) in [4.78, 5) is 33.7. The molecule has 1 aliphatic carbocycles. The van der Waals surface area contributed by atoms with Crippen LogP contribution in [0.5, 0.6) is 0 Å². The maximum Gasteiger partial charge on any atom is 0.279 e. The molecule has 5 heterocycles. The van der Waals surface area contributed by atoms with Crippen LogP contribution in [0.1, 0.15) is 28.2 Å². The fourth-order valence-corrected chi connectivity index (χ4v) is 4.48. The number of aromatic amines is 1. The highest BCUT2D eigenvalue weighted by Crippen LogP contribution is 2.27. The highest BCUT2D eigenvalue weighted by molar-refractivity contribution is 7.13. The molecular formula is C22H16N6O4S. The minimum absolute atomic E-state index is 0.112. The summed E-state index contributed by atoms with van der Waals surface area (Å²) < 4.78 is 12.1. The second-order valence-corrected chi connectivity index (χ2v) is 8.43. The van der Waals surface area contributed by atoms with Crippen LogP contribution in [0.3, 0.4) is 0 Å². The SMILES string of the molecule is O=C(Nc1cc(-c2ccco2)nn1-c1nc2c(c(=O)[nH]1)CCC2)c1cc(-c2cccs2)on1. The predicted molar refractivity (Wildman–Crippen MR) is 119 cm³/mol. The second kappa shape index (κ2) is 7.71. The van der Waals surface area contributed by atoms with Crippen molar-refractivity contribution in [1.82, 2.24) is 24.9 Å². The van der Waals surface area contributed by atoms with E-state index >= 15 is 0 Å². The van der Waals surface area contributed by atoms with Gasteiger partial charge in [-0.2, -0.15) is 9.78 Å². The number of thiophene rings is 1. The van der Waals surface area contributed by atoms with Crippen LogP contribution in [0.2, 0.25) is 0 Å². The smallest absolute Gasteiger partial charge is 0.279 e. The Kier molecular flexibility index (Phi) is 4.54. The average Bonchev–Trinajstić information content (AvgIpc) is 3.62. The van der Waals surface area contributed by atoms with E-state index in [9.17, 15) is 9.59 Å². The Morgan fingerprint density at radius 3 is 2.94 bits per heavy atom. The predicted octanol–water partition coefficient (Wildman–Crippen LogP) is 3.67. The van der Waals surface area contributed by atoms with Gasteiger partial charge in [0.25, 0.3) is 11.5 Å². The van der Waals surface area contributed by atoms with Crippen LogP contribution in [0.4, 0.5) is 5.82 Å². The van der Waals surface area contributed by atoms with Crippen molar-refractivity contribution in [2.75, 3.05) is 5.32 Å². The number of aromatic nitrogens is 5. The lowest BCUT2D eigenvalue weighted by Crippen LogP contribution is -2.21. The fourth-order valence-electron chi connectivity index (χ4n) is 3.80. The van der Waals surface area contributed by atoms with Crippen molar-refractivity contribution in [2.45, 2.75) is 19.3 Å². The standard InChI is InChI=1S/C22H16N6O4S/c29-20-12-4-1-5-13(12)23-22(25-20)28-19(11-14(26-28)16-6-2-8-31-16)24-21(30)15-10-17(32-27-15)18-7-3-9-33-18/h2-3,6-11H,1,4-5H2,(H,24,30)(H,23,25,29). The first-order valence-corrected chi connectivity index (χ1v) is 11.1. The van der Waals surface area contributed by atoms with Gasteiger partial charge in [-0.1, -0.05) is 11.2 Å². The average molecular weight is 460 g/mol. The molecule has 0 radical (unpaired) electrons. The summed E-state index contributed by atoms with van der Waals surface area (Å²) in [6, 6.07) is 10.5. The number of nitrogens with zero attached hydrogens (tertiary/aromatic N) is 4. The summed E-state index contributed by atoms with van der Waals surface area (Å²) in [5.41, 5.74) is 1.83. The molecule has 0 bridgehead atoms. The summed E-state index contributed by atoms with van der Waals surface area (Å²) in [5.74, 6) is 1.04. The minimum atomic E-state index is -0.489. The van der Waals surface area contributed by atoms with Gasteiger partial charge in [-0.3, -0.25) is 14.6 Å². The van der Waals surface area contributed by atoms with Gasteiger partial charge in [0, 0.05) is 17.7 Å². The van der Waals surface area contributed by atoms with Crippen molar-refractivity contribution in [1.29, 1.82) is 0 Å². The monoisotopic (exact) mass is 460 g/mol. The van der Waals surface area contributed by atoms with Gasteiger partial charge in [0.1, 0.15) is 11.5 Å². The zero-order chi connectivity index (χ0) is 22.4. The summed E-state index contributed by atoms with van der Waals surface area (Å²) in [7, 11) is 0. The molecule has 11 heteroatoms. The lowest BCUT2D eigenvalue weighted by molar-refractivity contribution is 0.101. The van der Waals surface area contributed by atoms with Crippen molar-refractivity contribution in [2.24, 2.45) is 0 Å². The van der Waals surface area contributed by atoms with E-state index < -0.39 is 5.91 Å². The van der Waals surface area contributed by atoms with Crippen molar-refractivity contribution in [3.63, 3.8) is 0 Å². The Bertz CT molecular complexity index is 1510. The van der Waals surface area contributed by atoms with Crippen LogP contribution >= 0.6 is 11.3 Å². The summed E-state index contributed by atoms with van der Waals surface area (Å²) >= 11 is 1.49. The molecule has 0 spiro atoms. The van der Waals surface area contributed by atoms with E-state index in [0.29, 0.717) is 35.0 Å². The summed E-state index contributed by atoms with van der Waals surface area (Å²) in [6.07, 6.45) is 3.85. The number of amides is 1. The maximum atomic E-state index is 12.9. The van der Waals surface area contributed by atoms with Gasteiger partial charge in [-0.25, -0.2) is 4.98 Å². The summed E-state index contributed by atoms with van der Waals surface area (Å²) in [5, 5.41) is 13.1. The molecule has 0 unspecified atom stereocenters. The maximum absolute atomic E-state index is 12.9. The Hall–Kier alpha value is -4.25. The molecule has 0 fully saturated rings. The topological polar surface area (TPSA) is 132 Å². The molecule has 33 heavy (non-hydrogen) atoms. The third-order valence-electron chi connectivity index (χ3n) is 5.36. The molecule has 0 saturated heterocycles. The van der Waals surface area contributed by atoms with Crippen molar-refractivity contribution in [3.8, 4) is 28.0 Å². The lowest BCUT2D eigenvalue weighted by Gasteiger charge is -2.08. The molecular weight excluding hydrogens is 444 g/mol. The van der Waals surface area contributed by atoms with E-state index in [-0.39, 0.29) is 17.2 Å². The zero-order valence-corrected chi connectivity index (χ0v) is 17.9. The van der Waals surface area contributed by atoms with E-state index in [4.69, 9.17) is 8.94 Å². The number of anilines is 1. The second-order valence-electron chi connectivity index (χ2n) is 7.48. The number of aryl methyl sites for hydroxylation is 1. The van der Waals surface area contributed by atoms with Gasteiger partial charge in [-0.15, -0.1) is 11.3 Å². The Balaban J connectivity index is 1.38. The van der Waals surface area contributed by atoms with Crippen LogP contribution in [-0.4, -0.2) is 30.8 Å². The van der Waals surface area contributed by atoms with Gasteiger partial charge in [0.05, 0.1) is 16.8 Å². The van der Waals surface area contributed by atoms with E-state index in [2.05, 4.69) is 25.5 Å². The molecule has 5 aromatic rings. The van der Waals surface area contributed by atoms with Crippen LogP contribution in [0.15, 0.2) is 61.8 Å². The normalized spacial score (nSPS) is 12.7. The number of fused-ring (bicyclic) bond motifs is 1. The lowest BCUT2D eigenvalue weighted by atomic mass is 10.3. The minimum Gasteiger partial charge on any atom is -0.463 e. The number of carbonyl (C=O) groups is 1. The number of furan rings is 1. The Labute approximate surface area is 189 Å². The van der Waals surface area contributed by atoms with Gasteiger partial charge in [0.15, 0.2) is 17.2 Å². The first kappa shape index (κ1) is 19.4. The molecule has 0 atom stereocenters. The zero-order valence-electron chi connectivity index (χ0n) is 17.1. The number of hydrogen-bond donors (Lipinski definition) is 2. The molecule has 6 rings (SSSR count). The van der Waals surface area contributed by atoms with E-state index in [0.717, 1.165) is 23.4 Å². The van der Waals surface area contributed by atoms with E-state index in [1.54, 1.807) is 24.3 Å². The third-order valence-corrected chi connectivity index (χ3v) is 6.25. The van der Waals surface area contributed by atoms with E-state index in [1.165, 1.54) is 22.3 Å². The Morgan fingerprint density at radius 2 is 2.12 bits per heavy atom. The van der Waals surface area contributed by atoms with E-state index in [1.807, 2.05) is 17.5 Å². The van der Waals surface area contributed by atoms with Gasteiger partial charge < -0.3 is 14.3 Å². The quantitative estimate of drug-likeness (QED) is 0.409. The van der Waals surface area contributed by atoms with Gasteiger partial charge in [0.2, 0.25) is 5.95 Å². The molecule has 1 aliphatic rings. The van der Waals surface area contributed by atoms with Crippen LogP contribution in [0.25, 0.3) is 28.0 Å². The molecule has 10 nitrogen and oxygen atoms in total. The number of carbonyl (C=O) groups excluding carboxylic acids is 1. The number of hydrogen-bond acceptors (Lipinski definition) is 8. The van der Waals surface area contributed by atoms with Crippen molar-refractivity contribution in [3.05, 3.63) is 75.3 Å². The van der Waals surface area contributed by atoms with Crippen LogP contribution in [0, 0.1) is 0 Å². The Morgan fingerprint density at radius 1 is 1.18 bits per heavy atom. The molecule has 0 saturated carbocycles. The van der Waals surface area contributed by atoms with Crippen LogP contribution < -0.4 is 10.9 Å². The molecule has 2 N–H and O–H groups in total. The molecule has 0 aromatic carbocycles. The highest BCUT2D eigenvalue weighted by Gasteiger charge is 2.22. The van der Waals surface area contributed by atoms with Crippen molar-refractivity contribution >= 4 is 23.1 Å². The van der Waals surface area contributed by atoms with Gasteiger partial charge in [-0.05, 0) is 42.8 Å². The first-order chi connectivity index (χ1) is 16.2. The molecule has 5 aromatic heterocycles. The molecule has 1 amide bonds. The first-order valence-electron chi connectivity index (χ1n) is 10.2. The highest BCUT2D eigenvalue weighted by atomic mass is 32.1. The van der Waals surface area contributed by atoms with Crippen LogP contribution in [-0.2, 0) is 12.8 Å². The summed E-state index contributed by atoms with van der Waals surface area (Å²) in [6.45, 7) is 0. The number of rotatable bonds is 5. The van der Waals surface area contributed by atoms with Crippen molar-refractivity contribution < 1.29 is 13.7 Å². The third kappa shape index (κ3) is 3.48. The molecule has 0 aliphatic heterocycles. The number of H-pyrrole nitrogens is 1. The number of nitrogens with one attached hydrogen (secondary N) is 2. The largest absolute Gasteiger partial charge is 0.463 e.